The minimum atomic E-state index is -4.40. The number of phosphoric acid groups is 1. The van der Waals surface area contributed by atoms with Gasteiger partial charge < -0.3 is 18.9 Å². The van der Waals surface area contributed by atoms with Crippen LogP contribution in [0.2, 0.25) is 0 Å². The number of ether oxygens (including phenoxy) is 2. The highest BCUT2D eigenvalue weighted by atomic mass is 31.2. The molecule has 0 saturated heterocycles. The van der Waals surface area contributed by atoms with Gasteiger partial charge in [0.1, 0.15) is 19.8 Å². The summed E-state index contributed by atoms with van der Waals surface area (Å²) in [6.45, 7) is 4.34. The Kier molecular flexibility index (Phi) is 62.1. The number of nitrogens with zero attached hydrogens (tertiary/aromatic N) is 1. The summed E-state index contributed by atoms with van der Waals surface area (Å²) in [5, 5.41) is 0. The van der Waals surface area contributed by atoms with Crippen molar-refractivity contribution in [3.05, 3.63) is 97.2 Å². The van der Waals surface area contributed by atoms with E-state index in [1.807, 2.05) is 21.1 Å². The number of quaternary nitrogens is 1. The highest BCUT2D eigenvalue weighted by Crippen LogP contribution is 2.43. The lowest BCUT2D eigenvalue weighted by molar-refractivity contribution is -0.870. The van der Waals surface area contributed by atoms with E-state index in [9.17, 15) is 19.0 Å². The molecular formula is C74H133NO8P+. The minimum absolute atomic E-state index is 0.0260. The summed E-state index contributed by atoms with van der Waals surface area (Å²) in [5.74, 6) is -0.804. The minimum Gasteiger partial charge on any atom is -0.462 e. The van der Waals surface area contributed by atoms with Gasteiger partial charge >= 0.3 is 19.8 Å². The van der Waals surface area contributed by atoms with Crippen LogP contribution in [0.1, 0.15) is 309 Å². The van der Waals surface area contributed by atoms with E-state index < -0.39 is 26.5 Å². The van der Waals surface area contributed by atoms with Gasteiger partial charge in [0, 0.05) is 12.8 Å². The summed E-state index contributed by atoms with van der Waals surface area (Å²) in [6.07, 6.45) is 89.4. The molecule has 486 valence electrons. The average Bonchev–Trinajstić information content (AvgIpc) is 3.61. The molecule has 0 saturated carbocycles. The predicted octanol–water partition coefficient (Wildman–Crippen LogP) is 22.7. The third-order valence-corrected chi connectivity index (χ3v) is 16.1. The first-order valence-electron chi connectivity index (χ1n) is 35.0. The first-order valence-corrected chi connectivity index (χ1v) is 36.5. The fraction of sp³-hybridized carbons (Fsp3) is 0.757. The van der Waals surface area contributed by atoms with Crippen LogP contribution in [-0.4, -0.2) is 74.9 Å². The fourth-order valence-corrected chi connectivity index (χ4v) is 10.5. The molecule has 0 heterocycles. The second kappa shape index (κ2) is 64.4. The molecule has 9 nitrogen and oxygen atoms in total. The van der Waals surface area contributed by atoms with Crippen molar-refractivity contribution in [2.24, 2.45) is 0 Å². The van der Waals surface area contributed by atoms with E-state index in [4.69, 9.17) is 18.5 Å². The van der Waals surface area contributed by atoms with Gasteiger partial charge in [-0.15, -0.1) is 0 Å². The van der Waals surface area contributed by atoms with Crippen LogP contribution in [0.15, 0.2) is 97.2 Å². The molecule has 0 bridgehead atoms. The zero-order valence-corrected chi connectivity index (χ0v) is 56.3. The Hall–Kier alpha value is -3.07. The summed E-state index contributed by atoms with van der Waals surface area (Å²) in [4.78, 5) is 35.9. The van der Waals surface area contributed by atoms with Crippen molar-refractivity contribution in [1.82, 2.24) is 0 Å². The Morgan fingerprint density at radius 3 is 1.02 bits per heavy atom. The molecule has 2 atom stereocenters. The van der Waals surface area contributed by atoms with Crippen LogP contribution < -0.4 is 0 Å². The smallest absolute Gasteiger partial charge is 0.462 e. The average molecular weight is 1200 g/mol. The number of hydrogen-bond acceptors (Lipinski definition) is 7. The maximum absolute atomic E-state index is 12.9. The van der Waals surface area contributed by atoms with E-state index in [0.29, 0.717) is 17.4 Å². The summed E-state index contributed by atoms with van der Waals surface area (Å²) in [6, 6.07) is 0. The van der Waals surface area contributed by atoms with E-state index in [1.165, 1.54) is 186 Å². The van der Waals surface area contributed by atoms with Gasteiger partial charge in [0.15, 0.2) is 6.10 Å². The van der Waals surface area contributed by atoms with Crippen molar-refractivity contribution in [2.45, 2.75) is 315 Å². The molecule has 0 aliphatic rings. The van der Waals surface area contributed by atoms with Gasteiger partial charge in [0.05, 0.1) is 27.7 Å². The molecule has 0 aromatic rings. The molecule has 1 N–H and O–H groups in total. The van der Waals surface area contributed by atoms with E-state index >= 15 is 0 Å². The standard InChI is InChI=1S/C74H132NO8P/c1-6-8-10-12-14-16-18-20-22-24-26-28-30-32-34-36-37-39-40-42-44-46-48-50-52-54-56-58-60-62-64-66-73(76)80-70-72(71-82-84(78,79)81-69-68-75(3,4)5)83-74(77)67-65-63-61-59-57-55-53-51-49-47-45-43-41-38-35-33-31-29-27-25-23-21-19-17-15-13-11-9-7-2/h9,11,15,17,21,23-24,26-27,29,33,35,41,43,47,49,72H,6-8,10,12-14,16,18-20,22,25,28,30-32,34,36-40,42,44-46,48,50-71H2,1-5H3/p+1/b11-9-,17-15-,23-21-,26-24-,29-27-,35-33-,43-41-,49-47-. The summed E-state index contributed by atoms with van der Waals surface area (Å²) >= 11 is 0. The molecule has 0 rings (SSSR count). The number of esters is 2. The lowest BCUT2D eigenvalue weighted by Crippen LogP contribution is -2.37. The molecule has 0 radical (unpaired) electrons. The predicted molar refractivity (Wildman–Crippen MR) is 362 cm³/mol. The van der Waals surface area contributed by atoms with Gasteiger partial charge in [-0.05, 0) is 96.3 Å². The lowest BCUT2D eigenvalue weighted by atomic mass is 10.0. The summed E-state index contributed by atoms with van der Waals surface area (Å²) in [7, 11) is 1.47. The zero-order valence-electron chi connectivity index (χ0n) is 55.4. The molecule has 0 fully saturated rings. The Labute approximate surface area is 519 Å². The molecule has 10 heteroatoms. The van der Waals surface area contributed by atoms with Gasteiger partial charge in [-0.3, -0.25) is 18.6 Å². The number of carbonyl (C=O) groups excluding carboxylic acids is 2. The highest BCUT2D eigenvalue weighted by Gasteiger charge is 2.27. The van der Waals surface area contributed by atoms with Gasteiger partial charge in [-0.2, -0.15) is 0 Å². The highest BCUT2D eigenvalue weighted by molar-refractivity contribution is 7.47. The fourth-order valence-electron chi connectivity index (χ4n) is 9.76. The van der Waals surface area contributed by atoms with Crippen molar-refractivity contribution in [3.8, 4) is 0 Å². The van der Waals surface area contributed by atoms with Crippen LogP contribution >= 0.6 is 7.82 Å². The van der Waals surface area contributed by atoms with Crippen LogP contribution in [0.4, 0.5) is 0 Å². The normalized spacial score (nSPS) is 13.7. The Morgan fingerprint density at radius 1 is 0.381 bits per heavy atom. The second-order valence-corrected chi connectivity index (χ2v) is 26.0. The Balaban J connectivity index is 4.08. The van der Waals surface area contributed by atoms with E-state index in [0.717, 1.165) is 89.9 Å². The van der Waals surface area contributed by atoms with E-state index in [2.05, 4.69) is 111 Å². The molecule has 0 amide bonds. The zero-order chi connectivity index (χ0) is 61.2. The maximum Gasteiger partial charge on any atom is 0.472 e. The number of likely N-dealkylation sites (N-methyl/N-ethyl adjacent to an activating group) is 1. The van der Waals surface area contributed by atoms with E-state index in [-0.39, 0.29) is 32.0 Å². The third-order valence-electron chi connectivity index (χ3n) is 15.1. The van der Waals surface area contributed by atoms with Crippen LogP contribution in [0.3, 0.4) is 0 Å². The number of rotatable bonds is 64. The van der Waals surface area contributed by atoms with Crippen LogP contribution in [0, 0.1) is 0 Å². The number of allylic oxidation sites excluding steroid dienone is 16. The van der Waals surface area contributed by atoms with Gasteiger partial charge in [-0.1, -0.05) is 297 Å². The third kappa shape index (κ3) is 68.0. The number of phosphoric ester groups is 1. The molecule has 0 aliphatic heterocycles. The second-order valence-electron chi connectivity index (χ2n) is 24.5. The number of carbonyl (C=O) groups is 2. The van der Waals surface area contributed by atoms with Crippen LogP contribution in [0.5, 0.6) is 0 Å². The summed E-state index contributed by atoms with van der Waals surface area (Å²) in [5.41, 5.74) is 0. The molecule has 0 aromatic heterocycles. The maximum atomic E-state index is 12.9. The molecule has 84 heavy (non-hydrogen) atoms. The number of hydrogen-bond donors (Lipinski definition) is 1. The van der Waals surface area contributed by atoms with Gasteiger partial charge in [0.2, 0.25) is 0 Å². The van der Waals surface area contributed by atoms with Crippen molar-refractivity contribution in [3.63, 3.8) is 0 Å². The first-order chi connectivity index (χ1) is 41.0. The Morgan fingerprint density at radius 2 is 0.679 bits per heavy atom. The topological polar surface area (TPSA) is 108 Å². The van der Waals surface area contributed by atoms with Crippen LogP contribution in [0.25, 0.3) is 0 Å². The largest absolute Gasteiger partial charge is 0.472 e. The van der Waals surface area contributed by atoms with Crippen molar-refractivity contribution >= 4 is 19.8 Å². The van der Waals surface area contributed by atoms with Gasteiger partial charge in [-0.25, -0.2) is 4.57 Å². The quantitative estimate of drug-likeness (QED) is 0.0211. The SMILES string of the molecule is CC/C=C\C/C=C\C/C=C\C/C=C\C/C=C\C/C=C\C/C=C\CCCCCCCCCC(=O)OC(COC(=O)CCCCCCCCCCCCCCCCCCCCC/C=C\CCCCCCCCCC)COP(=O)(O)OCC[N+](C)(C)C. The molecular weight excluding hydrogens is 1060 g/mol. The molecule has 0 aliphatic carbocycles. The molecule has 0 aromatic carbocycles. The monoisotopic (exact) mass is 1190 g/mol. The van der Waals surface area contributed by atoms with Crippen molar-refractivity contribution < 1.29 is 42.1 Å². The molecule has 0 spiro atoms. The van der Waals surface area contributed by atoms with Crippen molar-refractivity contribution in [1.29, 1.82) is 0 Å². The lowest BCUT2D eigenvalue weighted by Gasteiger charge is -2.24. The van der Waals surface area contributed by atoms with Gasteiger partial charge in [0.25, 0.3) is 0 Å². The van der Waals surface area contributed by atoms with Crippen molar-refractivity contribution in [2.75, 3.05) is 47.5 Å². The Bertz CT molecular complexity index is 1740. The molecule has 2 unspecified atom stereocenters. The summed E-state index contributed by atoms with van der Waals surface area (Å²) < 4.78 is 34.7. The van der Waals surface area contributed by atoms with E-state index in [1.54, 1.807) is 0 Å². The number of unbranched alkanes of at least 4 members (excludes halogenated alkanes) is 34. The first kappa shape index (κ1) is 80.9. The van der Waals surface area contributed by atoms with Crippen LogP contribution in [-0.2, 0) is 32.7 Å².